The number of carbonyl (C=O) groups excluding carboxylic acids is 2. The van der Waals surface area contributed by atoms with Crippen molar-refractivity contribution in [2.75, 3.05) is 0 Å². The molecule has 0 aromatic rings. The second kappa shape index (κ2) is 5.29. The Kier molecular flexibility index (Phi) is 4.98. The van der Waals surface area contributed by atoms with E-state index in [4.69, 9.17) is 10.5 Å². The summed E-state index contributed by atoms with van der Waals surface area (Å²) in [4.78, 5) is 23.5. The maximum Gasteiger partial charge on any atom is 0.312 e. The molecule has 1 N–H and O–H groups in total. The van der Waals surface area contributed by atoms with E-state index in [0.717, 1.165) is 0 Å². The van der Waals surface area contributed by atoms with E-state index < -0.39 is 22.3 Å². The first-order valence-corrected chi connectivity index (χ1v) is 6.33. The number of amides is 1. The van der Waals surface area contributed by atoms with Gasteiger partial charge in [-0.2, -0.15) is 0 Å². The van der Waals surface area contributed by atoms with Gasteiger partial charge in [0.1, 0.15) is 5.60 Å². The molecule has 1 unspecified atom stereocenters. The van der Waals surface area contributed by atoms with Crippen molar-refractivity contribution in [2.45, 2.75) is 66.9 Å². The Morgan fingerprint density at radius 3 is 1.78 bits per heavy atom. The molecule has 0 aromatic carbocycles. The maximum absolute atomic E-state index is 12.1. The number of hydrogen-bond acceptors (Lipinski definition) is 3. The highest BCUT2D eigenvalue weighted by Crippen LogP contribution is 2.38. The fraction of sp³-hybridized carbons (Fsp3) is 0.857. The third-order valence-corrected chi connectivity index (χ3v) is 3.11. The Labute approximate surface area is 110 Å². The lowest BCUT2D eigenvalue weighted by molar-refractivity contribution is -0.168. The van der Waals surface area contributed by atoms with Gasteiger partial charge in [0.05, 0.1) is 5.41 Å². The molecule has 1 radical (unpaired) electrons. The van der Waals surface area contributed by atoms with Crippen molar-refractivity contribution in [3.63, 3.8) is 0 Å². The van der Waals surface area contributed by atoms with Crippen LogP contribution in [0.4, 0.5) is 0 Å². The van der Waals surface area contributed by atoms with Gasteiger partial charge in [-0.15, -0.1) is 0 Å². The Bertz CT molecular complexity index is 328. The van der Waals surface area contributed by atoms with E-state index in [0.29, 0.717) is 12.8 Å². The summed E-state index contributed by atoms with van der Waals surface area (Å²) in [6, 6.07) is 0. The first kappa shape index (κ1) is 16.9. The first-order valence-electron chi connectivity index (χ1n) is 6.33. The number of ether oxygens (including phenoxy) is 1. The molecule has 105 valence electrons. The van der Waals surface area contributed by atoms with Gasteiger partial charge in [-0.25, -0.2) is 0 Å². The molecule has 0 fully saturated rings. The molecule has 1 amide bonds. The van der Waals surface area contributed by atoms with E-state index in [1.165, 1.54) is 0 Å². The lowest BCUT2D eigenvalue weighted by atomic mass is 9.72. The molecular weight excluding hydrogens is 230 g/mol. The minimum Gasteiger partial charge on any atom is -0.460 e. The summed E-state index contributed by atoms with van der Waals surface area (Å²) in [7, 11) is 0. The third-order valence-electron chi connectivity index (χ3n) is 3.11. The molecule has 18 heavy (non-hydrogen) atoms. The smallest absolute Gasteiger partial charge is 0.312 e. The standard InChI is InChI=1S/C14H26NO3/c1-8-14(7,10(15)16)9-13(5,6)11(17)18-12(2,3)4/h15H,8-9H2,1-7H3. The van der Waals surface area contributed by atoms with Gasteiger partial charge in [-0.05, 0) is 47.5 Å². The van der Waals surface area contributed by atoms with Crippen LogP contribution in [0.3, 0.4) is 0 Å². The van der Waals surface area contributed by atoms with Crippen molar-refractivity contribution in [1.82, 2.24) is 5.73 Å². The molecule has 0 bridgehead atoms. The highest BCUT2D eigenvalue weighted by atomic mass is 16.6. The second-order valence-electron chi connectivity index (χ2n) is 6.81. The van der Waals surface area contributed by atoms with Gasteiger partial charge in [0.2, 0.25) is 5.91 Å². The molecule has 4 heteroatoms. The van der Waals surface area contributed by atoms with Crippen LogP contribution < -0.4 is 5.73 Å². The van der Waals surface area contributed by atoms with E-state index in [2.05, 4.69) is 0 Å². The number of esters is 1. The quantitative estimate of drug-likeness (QED) is 0.710. The Morgan fingerprint density at radius 1 is 1.06 bits per heavy atom. The van der Waals surface area contributed by atoms with Crippen molar-refractivity contribution < 1.29 is 14.3 Å². The topological polar surface area (TPSA) is 67.2 Å². The van der Waals surface area contributed by atoms with Gasteiger partial charge in [-0.1, -0.05) is 13.8 Å². The lowest BCUT2D eigenvalue weighted by Gasteiger charge is -2.34. The molecule has 1 atom stereocenters. The van der Waals surface area contributed by atoms with Gasteiger partial charge in [0, 0.05) is 5.41 Å². The zero-order valence-electron chi connectivity index (χ0n) is 12.6. The number of carbonyl (C=O) groups is 2. The molecule has 0 aliphatic rings. The van der Waals surface area contributed by atoms with Gasteiger partial charge in [0.15, 0.2) is 0 Å². The van der Waals surface area contributed by atoms with Gasteiger partial charge < -0.3 is 4.74 Å². The summed E-state index contributed by atoms with van der Waals surface area (Å²) in [6.45, 7) is 12.6. The van der Waals surface area contributed by atoms with Crippen LogP contribution in [0.1, 0.15) is 61.3 Å². The summed E-state index contributed by atoms with van der Waals surface area (Å²) in [5.74, 6) is -0.947. The summed E-state index contributed by atoms with van der Waals surface area (Å²) < 4.78 is 5.36. The van der Waals surface area contributed by atoms with Gasteiger partial charge >= 0.3 is 5.97 Å². The van der Waals surface area contributed by atoms with E-state index >= 15 is 0 Å². The van der Waals surface area contributed by atoms with Crippen molar-refractivity contribution in [3.8, 4) is 0 Å². The molecule has 0 spiro atoms. The molecule has 0 aliphatic heterocycles. The Morgan fingerprint density at radius 2 is 1.50 bits per heavy atom. The van der Waals surface area contributed by atoms with E-state index in [1.807, 2.05) is 27.7 Å². The minimum absolute atomic E-state index is 0.323. The Balaban J connectivity index is 4.95. The average Bonchev–Trinajstić information content (AvgIpc) is 2.13. The van der Waals surface area contributed by atoms with E-state index in [1.54, 1.807) is 20.8 Å². The minimum atomic E-state index is -0.791. The van der Waals surface area contributed by atoms with Crippen molar-refractivity contribution in [2.24, 2.45) is 10.8 Å². The summed E-state index contributed by atoms with van der Waals surface area (Å²) in [5.41, 5.74) is 5.24. The lowest BCUT2D eigenvalue weighted by Crippen LogP contribution is -2.40. The van der Waals surface area contributed by atoms with Crippen LogP contribution in [0.2, 0.25) is 0 Å². The zero-order valence-corrected chi connectivity index (χ0v) is 12.6. The number of rotatable bonds is 5. The number of hydrogen-bond donors (Lipinski definition) is 0. The van der Waals surface area contributed by atoms with Gasteiger partial charge in [-0.3, -0.25) is 15.3 Å². The normalized spacial score (nSPS) is 15.9. The van der Waals surface area contributed by atoms with Crippen LogP contribution in [0.25, 0.3) is 0 Å². The first-order chi connectivity index (χ1) is 7.84. The fourth-order valence-electron chi connectivity index (χ4n) is 1.83. The fourth-order valence-corrected chi connectivity index (χ4v) is 1.83. The average molecular weight is 256 g/mol. The van der Waals surface area contributed by atoms with Gasteiger partial charge in [0.25, 0.3) is 0 Å². The summed E-state index contributed by atoms with van der Waals surface area (Å²) >= 11 is 0. The highest BCUT2D eigenvalue weighted by molar-refractivity contribution is 5.82. The predicted octanol–water partition coefficient (Wildman–Crippen LogP) is 2.97. The zero-order chi connectivity index (χ0) is 14.8. The molecule has 4 nitrogen and oxygen atoms in total. The molecular formula is C14H26NO3. The molecule has 0 rings (SSSR count). The van der Waals surface area contributed by atoms with Crippen LogP contribution in [0.5, 0.6) is 0 Å². The van der Waals surface area contributed by atoms with E-state index in [9.17, 15) is 9.59 Å². The van der Waals surface area contributed by atoms with Crippen molar-refractivity contribution in [1.29, 1.82) is 0 Å². The summed E-state index contributed by atoms with van der Waals surface area (Å²) in [5, 5.41) is 0. The molecule has 0 heterocycles. The van der Waals surface area contributed by atoms with Crippen LogP contribution in [-0.4, -0.2) is 17.5 Å². The SMILES string of the molecule is CCC(C)(CC(C)(C)C(=O)OC(C)(C)C)C([NH])=O. The van der Waals surface area contributed by atoms with Crippen molar-refractivity contribution in [3.05, 3.63) is 0 Å². The highest BCUT2D eigenvalue weighted by Gasteiger charge is 2.42. The molecule has 0 saturated carbocycles. The monoisotopic (exact) mass is 256 g/mol. The number of nitrogens with one attached hydrogen (secondary N) is 1. The van der Waals surface area contributed by atoms with Crippen molar-refractivity contribution >= 4 is 11.9 Å². The molecule has 0 aromatic heterocycles. The molecule has 0 saturated heterocycles. The predicted molar refractivity (Wildman–Crippen MR) is 70.7 cm³/mol. The Hall–Kier alpha value is -1.06. The van der Waals surface area contributed by atoms with Crippen LogP contribution in [0, 0.1) is 10.8 Å². The molecule has 0 aliphatic carbocycles. The second-order valence-corrected chi connectivity index (χ2v) is 6.81. The van der Waals surface area contributed by atoms with Crippen LogP contribution in [0.15, 0.2) is 0 Å². The summed E-state index contributed by atoms with van der Waals surface area (Å²) in [6.07, 6.45) is 0.870. The van der Waals surface area contributed by atoms with E-state index in [-0.39, 0.29) is 5.97 Å². The third kappa shape index (κ3) is 4.67. The van der Waals surface area contributed by atoms with Crippen LogP contribution in [-0.2, 0) is 14.3 Å². The van der Waals surface area contributed by atoms with Crippen LogP contribution >= 0.6 is 0 Å². The maximum atomic E-state index is 12.1. The largest absolute Gasteiger partial charge is 0.460 e.